The van der Waals surface area contributed by atoms with Crippen LogP contribution in [0.4, 0.5) is 0 Å². The van der Waals surface area contributed by atoms with Crippen LogP contribution in [0.1, 0.15) is 65.2 Å². The van der Waals surface area contributed by atoms with Gasteiger partial charge in [0.05, 0.1) is 12.0 Å². The van der Waals surface area contributed by atoms with Crippen LogP contribution in [0.3, 0.4) is 0 Å². The minimum Gasteiger partial charge on any atom is -0.313 e. The average Bonchev–Trinajstić information content (AvgIpc) is 2.74. The van der Waals surface area contributed by atoms with Gasteiger partial charge in [0.1, 0.15) is 0 Å². The number of nitrogens with one attached hydrogen (secondary N) is 1. The van der Waals surface area contributed by atoms with Crippen LogP contribution in [-0.2, 0) is 0 Å². The lowest BCUT2D eigenvalue weighted by Gasteiger charge is -2.15. The summed E-state index contributed by atoms with van der Waals surface area (Å²) < 4.78 is 0. The molecule has 0 heterocycles. The summed E-state index contributed by atoms with van der Waals surface area (Å²) in [4.78, 5) is 0. The van der Waals surface area contributed by atoms with E-state index in [1.54, 1.807) is 0 Å². The van der Waals surface area contributed by atoms with Crippen LogP contribution < -0.4 is 5.32 Å². The first-order valence-corrected chi connectivity index (χ1v) is 7.37. The molecule has 0 aromatic rings. The van der Waals surface area contributed by atoms with Crippen LogP contribution in [0.5, 0.6) is 0 Å². The van der Waals surface area contributed by atoms with E-state index in [1.165, 1.54) is 44.9 Å². The van der Waals surface area contributed by atoms with Crippen molar-refractivity contribution in [3.05, 3.63) is 0 Å². The number of rotatable bonds is 8. The third kappa shape index (κ3) is 6.07. The summed E-state index contributed by atoms with van der Waals surface area (Å²) in [7, 11) is 0. The molecule has 1 saturated carbocycles. The van der Waals surface area contributed by atoms with Crippen LogP contribution in [0.25, 0.3) is 0 Å². The molecule has 1 N–H and O–H groups in total. The molecule has 98 valence electrons. The van der Waals surface area contributed by atoms with Crippen LogP contribution in [0.15, 0.2) is 0 Å². The molecule has 0 aromatic carbocycles. The highest BCUT2D eigenvalue weighted by Gasteiger charge is 2.25. The first-order chi connectivity index (χ1) is 8.24. The van der Waals surface area contributed by atoms with Gasteiger partial charge in [0.2, 0.25) is 0 Å². The normalized spacial score (nSPS) is 24.1. The molecule has 0 amide bonds. The number of nitriles is 1. The van der Waals surface area contributed by atoms with Crippen LogP contribution in [0, 0.1) is 23.2 Å². The summed E-state index contributed by atoms with van der Waals surface area (Å²) in [6.07, 6.45) is 10.2. The minimum atomic E-state index is 0.274. The zero-order valence-electron chi connectivity index (χ0n) is 11.5. The van der Waals surface area contributed by atoms with Gasteiger partial charge in [-0.2, -0.15) is 5.26 Å². The highest BCUT2D eigenvalue weighted by molar-refractivity contribution is 4.96. The van der Waals surface area contributed by atoms with Crippen molar-refractivity contribution in [1.82, 2.24) is 5.32 Å². The van der Waals surface area contributed by atoms with Crippen molar-refractivity contribution in [3.63, 3.8) is 0 Å². The fraction of sp³-hybridized carbons (Fsp3) is 0.933. The summed E-state index contributed by atoms with van der Waals surface area (Å²) in [5.41, 5.74) is 0. The standard InChI is InChI=1S/C15H28N2/c1-13(2)8-5-3-4-6-11-17-15-10-7-9-14(15)12-16/h13-15,17H,3-11H2,1-2H3. The number of unbranched alkanes of at least 4 members (excludes halogenated alkanes) is 3. The molecule has 0 saturated heterocycles. The molecule has 2 atom stereocenters. The van der Waals surface area contributed by atoms with Gasteiger partial charge in [-0.1, -0.05) is 46.0 Å². The number of hydrogen-bond donors (Lipinski definition) is 1. The second kappa shape index (κ2) is 8.53. The van der Waals surface area contributed by atoms with Crippen LogP contribution >= 0.6 is 0 Å². The smallest absolute Gasteiger partial charge is 0.0672 e. The Hall–Kier alpha value is -0.550. The van der Waals surface area contributed by atoms with Gasteiger partial charge in [0, 0.05) is 6.04 Å². The van der Waals surface area contributed by atoms with Gasteiger partial charge in [0.15, 0.2) is 0 Å². The Morgan fingerprint density at radius 3 is 2.65 bits per heavy atom. The Morgan fingerprint density at radius 1 is 1.18 bits per heavy atom. The average molecular weight is 236 g/mol. The van der Waals surface area contributed by atoms with Crippen LogP contribution in [-0.4, -0.2) is 12.6 Å². The van der Waals surface area contributed by atoms with Crippen molar-refractivity contribution in [2.24, 2.45) is 11.8 Å². The van der Waals surface area contributed by atoms with E-state index < -0.39 is 0 Å². The van der Waals surface area contributed by atoms with Gasteiger partial charge in [0.25, 0.3) is 0 Å². The quantitative estimate of drug-likeness (QED) is 0.649. The molecule has 1 rings (SSSR count). The Labute approximate surface area is 107 Å². The van der Waals surface area contributed by atoms with E-state index in [2.05, 4.69) is 25.2 Å². The van der Waals surface area contributed by atoms with Crippen molar-refractivity contribution >= 4 is 0 Å². The Kier molecular flexibility index (Phi) is 7.28. The Balaban J connectivity index is 1.92. The molecular formula is C15H28N2. The molecule has 1 aliphatic carbocycles. The molecular weight excluding hydrogens is 208 g/mol. The first kappa shape index (κ1) is 14.5. The van der Waals surface area contributed by atoms with E-state index in [4.69, 9.17) is 5.26 Å². The topological polar surface area (TPSA) is 35.8 Å². The molecule has 0 aromatic heterocycles. The summed E-state index contributed by atoms with van der Waals surface area (Å²) in [5, 5.41) is 12.5. The van der Waals surface area contributed by atoms with Gasteiger partial charge in [-0.05, 0) is 31.7 Å². The Bertz CT molecular complexity index is 230. The van der Waals surface area contributed by atoms with Crippen molar-refractivity contribution in [2.75, 3.05) is 6.54 Å². The van der Waals surface area contributed by atoms with E-state index in [0.717, 1.165) is 18.9 Å². The van der Waals surface area contributed by atoms with E-state index in [9.17, 15) is 0 Å². The maximum absolute atomic E-state index is 8.97. The summed E-state index contributed by atoms with van der Waals surface area (Å²) >= 11 is 0. The summed E-state index contributed by atoms with van der Waals surface area (Å²) in [6, 6.07) is 2.91. The van der Waals surface area contributed by atoms with Crippen molar-refractivity contribution < 1.29 is 0 Å². The van der Waals surface area contributed by atoms with Gasteiger partial charge in [-0.3, -0.25) is 0 Å². The summed E-state index contributed by atoms with van der Waals surface area (Å²) in [6.45, 7) is 5.69. The molecule has 0 aliphatic heterocycles. The molecule has 0 radical (unpaired) electrons. The molecule has 2 heteroatoms. The van der Waals surface area contributed by atoms with E-state index in [-0.39, 0.29) is 5.92 Å². The largest absolute Gasteiger partial charge is 0.313 e. The van der Waals surface area contributed by atoms with Crippen molar-refractivity contribution in [2.45, 2.75) is 71.3 Å². The molecule has 2 nitrogen and oxygen atoms in total. The SMILES string of the molecule is CC(C)CCCCCCNC1CCCC1C#N. The lowest BCUT2D eigenvalue weighted by atomic mass is 10.0. The Morgan fingerprint density at radius 2 is 1.94 bits per heavy atom. The van der Waals surface area contributed by atoms with E-state index >= 15 is 0 Å². The van der Waals surface area contributed by atoms with Crippen molar-refractivity contribution in [1.29, 1.82) is 5.26 Å². The predicted octanol–water partition coefficient (Wildman–Crippen LogP) is 3.87. The number of nitrogens with zero attached hydrogens (tertiary/aromatic N) is 1. The van der Waals surface area contributed by atoms with E-state index in [1.807, 2.05) is 0 Å². The van der Waals surface area contributed by atoms with Gasteiger partial charge < -0.3 is 5.32 Å². The fourth-order valence-corrected chi connectivity index (χ4v) is 2.68. The maximum Gasteiger partial charge on any atom is 0.0672 e. The van der Waals surface area contributed by atoms with Gasteiger partial charge >= 0.3 is 0 Å². The van der Waals surface area contributed by atoms with Gasteiger partial charge in [-0.15, -0.1) is 0 Å². The van der Waals surface area contributed by atoms with E-state index in [0.29, 0.717) is 6.04 Å². The predicted molar refractivity (Wildman–Crippen MR) is 72.7 cm³/mol. The molecule has 2 unspecified atom stereocenters. The highest BCUT2D eigenvalue weighted by atomic mass is 14.9. The zero-order valence-corrected chi connectivity index (χ0v) is 11.5. The monoisotopic (exact) mass is 236 g/mol. The van der Waals surface area contributed by atoms with Crippen LogP contribution in [0.2, 0.25) is 0 Å². The lowest BCUT2D eigenvalue weighted by molar-refractivity contribution is 0.448. The molecule has 0 bridgehead atoms. The fourth-order valence-electron chi connectivity index (χ4n) is 2.68. The second-order valence-corrected chi connectivity index (χ2v) is 5.82. The number of hydrogen-bond acceptors (Lipinski definition) is 2. The maximum atomic E-state index is 8.97. The minimum absolute atomic E-state index is 0.274. The van der Waals surface area contributed by atoms with Crippen molar-refractivity contribution in [3.8, 4) is 6.07 Å². The highest BCUT2D eigenvalue weighted by Crippen LogP contribution is 2.24. The zero-order chi connectivity index (χ0) is 12.5. The first-order valence-electron chi connectivity index (χ1n) is 7.37. The second-order valence-electron chi connectivity index (χ2n) is 5.82. The van der Waals surface area contributed by atoms with Gasteiger partial charge in [-0.25, -0.2) is 0 Å². The third-order valence-electron chi connectivity index (χ3n) is 3.80. The third-order valence-corrected chi connectivity index (χ3v) is 3.80. The molecule has 17 heavy (non-hydrogen) atoms. The molecule has 0 spiro atoms. The lowest BCUT2D eigenvalue weighted by Crippen LogP contribution is -2.32. The molecule has 1 aliphatic rings. The summed E-state index contributed by atoms with van der Waals surface area (Å²) in [5.74, 6) is 1.12. The molecule has 1 fully saturated rings.